The quantitative estimate of drug-likeness (QED) is 0.438. The summed E-state index contributed by atoms with van der Waals surface area (Å²) >= 11 is 1.34. The van der Waals surface area contributed by atoms with E-state index in [4.69, 9.17) is 4.74 Å². The minimum atomic E-state index is -2.46. The number of aryl methyl sites for hydroxylation is 2. The first-order valence-corrected chi connectivity index (χ1v) is 12.6. The molecule has 196 valence electrons. The lowest BCUT2D eigenvalue weighted by Crippen LogP contribution is -2.43. The number of carbonyl (C=O) groups excluding carboxylic acids is 1. The van der Waals surface area contributed by atoms with E-state index in [1.165, 1.54) is 18.4 Å². The summed E-state index contributed by atoms with van der Waals surface area (Å²) in [6.07, 6.45) is -0.143. The highest BCUT2D eigenvalue weighted by Crippen LogP contribution is 2.51. The number of hydrogen-bond acceptors (Lipinski definition) is 7. The van der Waals surface area contributed by atoms with Gasteiger partial charge in [0.05, 0.1) is 19.2 Å². The van der Waals surface area contributed by atoms with Crippen molar-refractivity contribution in [2.75, 3.05) is 7.11 Å². The minimum absolute atomic E-state index is 0.0216. The number of rotatable bonds is 5. The van der Waals surface area contributed by atoms with Gasteiger partial charge in [-0.25, -0.2) is 8.78 Å². The molecule has 5 rings (SSSR count). The molecule has 1 N–H and O–H groups in total. The average Bonchev–Trinajstić information content (AvgIpc) is 3.37. The highest BCUT2D eigenvalue weighted by molar-refractivity contribution is 7.15. The molecule has 1 aromatic carbocycles. The van der Waals surface area contributed by atoms with Crippen molar-refractivity contribution in [1.29, 1.82) is 0 Å². The summed E-state index contributed by atoms with van der Waals surface area (Å²) in [7, 11) is 1.22. The lowest BCUT2D eigenvalue weighted by Gasteiger charge is -2.33. The molecule has 11 heteroatoms. The lowest BCUT2D eigenvalue weighted by atomic mass is 9.71. The van der Waals surface area contributed by atoms with Crippen molar-refractivity contribution in [2.45, 2.75) is 39.7 Å². The molecule has 1 aliphatic heterocycles. The summed E-state index contributed by atoms with van der Waals surface area (Å²) in [6.45, 7) is 5.35. The number of fused-ring (bicyclic) bond motifs is 3. The van der Waals surface area contributed by atoms with E-state index in [2.05, 4.69) is 15.2 Å². The predicted octanol–water partition coefficient (Wildman–Crippen LogP) is 5.37. The molecule has 0 radical (unpaired) electrons. The second-order valence-electron chi connectivity index (χ2n) is 9.24. The van der Waals surface area contributed by atoms with Crippen molar-refractivity contribution in [2.24, 2.45) is 10.4 Å². The van der Waals surface area contributed by atoms with Gasteiger partial charge in [-0.2, -0.15) is 0 Å². The third-order valence-corrected chi connectivity index (χ3v) is 8.27. The zero-order valence-corrected chi connectivity index (χ0v) is 21.9. The lowest BCUT2D eigenvalue weighted by molar-refractivity contribution is -0.144. The molecule has 3 aromatic rings. The average molecular weight is 539 g/mol. The number of hydrogen-bond donors (Lipinski definition) is 1. The maximum atomic E-state index is 16.3. The van der Waals surface area contributed by atoms with Gasteiger partial charge in [0.25, 0.3) is 0 Å². The van der Waals surface area contributed by atoms with Gasteiger partial charge in [-0.15, -0.1) is 21.5 Å². The number of esters is 1. The second-order valence-corrected chi connectivity index (χ2v) is 10.4. The maximum absolute atomic E-state index is 16.3. The van der Waals surface area contributed by atoms with Crippen molar-refractivity contribution >= 4 is 34.6 Å². The fraction of sp³-hybridized carbons (Fsp3) is 0.296. The van der Waals surface area contributed by atoms with Crippen LogP contribution in [0, 0.1) is 26.2 Å². The molecule has 2 atom stereocenters. The molecular formula is C27H24F2N4O4S. The topological polar surface area (TPSA) is 107 Å². The second kappa shape index (κ2) is 9.39. The largest absolute Gasteiger partial charge is 0.480 e. The van der Waals surface area contributed by atoms with Crippen LogP contribution in [0.15, 0.2) is 53.1 Å². The van der Waals surface area contributed by atoms with Crippen LogP contribution in [-0.2, 0) is 14.3 Å². The predicted molar refractivity (Wildman–Crippen MR) is 138 cm³/mol. The number of aliphatic carboxylic acids is 1. The number of ether oxygens (including phenoxy) is 1. The summed E-state index contributed by atoms with van der Waals surface area (Å²) in [6, 6.07) is 7.34. The van der Waals surface area contributed by atoms with E-state index in [9.17, 15) is 14.7 Å². The molecule has 2 aliphatic rings. The van der Waals surface area contributed by atoms with Gasteiger partial charge < -0.3 is 9.84 Å². The third kappa shape index (κ3) is 3.80. The third-order valence-electron chi connectivity index (χ3n) is 7.07. The standard InChI is InChI=1S/C27H24F2N4O4S/c1-13-14(2)38-25-22(13)23(30-19(11-21(34)37-4)24-32-31-15(3)33(24)25)27(26(35)36)12-18(28)17(10-20(27)29)16-8-6-5-7-9-16/h5-10,19H,11-12H2,1-4H3,(H,35,36)/t19-,27?/m0/s1. The summed E-state index contributed by atoms with van der Waals surface area (Å²) in [5.41, 5.74) is -1.19. The fourth-order valence-electron chi connectivity index (χ4n) is 4.94. The molecule has 0 bridgehead atoms. The molecule has 0 spiro atoms. The van der Waals surface area contributed by atoms with Gasteiger partial charge in [0.1, 0.15) is 28.5 Å². The van der Waals surface area contributed by atoms with Crippen LogP contribution in [0.1, 0.15) is 52.1 Å². The van der Waals surface area contributed by atoms with Crippen LogP contribution in [-0.4, -0.2) is 44.6 Å². The van der Waals surface area contributed by atoms with Crippen LogP contribution in [0.3, 0.4) is 0 Å². The Hall–Kier alpha value is -3.99. The number of carboxylic acid groups (broad SMARTS) is 1. The normalized spacial score (nSPS) is 20.7. The Labute approximate surface area is 221 Å². The van der Waals surface area contributed by atoms with Crippen molar-refractivity contribution in [3.8, 4) is 5.00 Å². The summed E-state index contributed by atoms with van der Waals surface area (Å²) < 4.78 is 38.6. The zero-order valence-electron chi connectivity index (χ0n) is 21.1. The van der Waals surface area contributed by atoms with Crippen LogP contribution < -0.4 is 0 Å². The number of benzene rings is 1. The van der Waals surface area contributed by atoms with E-state index in [0.29, 0.717) is 27.5 Å². The summed E-state index contributed by atoms with van der Waals surface area (Å²) in [4.78, 5) is 30.9. The van der Waals surface area contributed by atoms with E-state index in [-0.39, 0.29) is 23.5 Å². The Morgan fingerprint density at radius 3 is 2.55 bits per heavy atom. The molecule has 2 aromatic heterocycles. The van der Waals surface area contributed by atoms with Gasteiger partial charge in [0, 0.05) is 22.4 Å². The first kappa shape index (κ1) is 25.7. The smallest absolute Gasteiger partial charge is 0.323 e. The summed E-state index contributed by atoms with van der Waals surface area (Å²) in [5.74, 6) is -3.28. The number of thiophene rings is 1. The van der Waals surface area contributed by atoms with Crippen LogP contribution >= 0.6 is 11.3 Å². The van der Waals surface area contributed by atoms with Crippen LogP contribution in [0.4, 0.5) is 8.78 Å². The molecular weight excluding hydrogens is 514 g/mol. The van der Waals surface area contributed by atoms with E-state index in [1.807, 2.05) is 6.92 Å². The number of methoxy groups -OCH3 is 1. The molecule has 0 saturated heterocycles. The number of aromatic nitrogens is 3. The van der Waals surface area contributed by atoms with E-state index >= 15 is 8.78 Å². The number of nitrogens with zero attached hydrogens (tertiary/aromatic N) is 4. The Bertz CT molecular complexity index is 1570. The van der Waals surface area contributed by atoms with Gasteiger partial charge in [-0.1, -0.05) is 30.3 Å². The number of carboxylic acids is 1. The van der Waals surface area contributed by atoms with Gasteiger partial charge in [0.2, 0.25) is 0 Å². The first-order chi connectivity index (χ1) is 18.1. The molecule has 0 amide bonds. The number of halogens is 2. The van der Waals surface area contributed by atoms with Crippen molar-refractivity contribution in [1.82, 2.24) is 14.8 Å². The monoisotopic (exact) mass is 538 g/mol. The van der Waals surface area contributed by atoms with Gasteiger partial charge >= 0.3 is 11.9 Å². The van der Waals surface area contributed by atoms with Crippen LogP contribution in [0.2, 0.25) is 0 Å². The van der Waals surface area contributed by atoms with Crippen molar-refractivity contribution in [3.05, 3.63) is 81.3 Å². The zero-order chi connectivity index (χ0) is 27.4. The molecule has 0 fully saturated rings. The molecule has 1 unspecified atom stereocenters. The molecule has 0 saturated carbocycles. The molecule has 1 aliphatic carbocycles. The fourth-order valence-corrected chi connectivity index (χ4v) is 6.16. The van der Waals surface area contributed by atoms with E-state index < -0.39 is 41.5 Å². The maximum Gasteiger partial charge on any atom is 0.323 e. The van der Waals surface area contributed by atoms with Gasteiger partial charge in [-0.05, 0) is 38.0 Å². The van der Waals surface area contributed by atoms with Crippen LogP contribution in [0.25, 0.3) is 10.6 Å². The highest BCUT2D eigenvalue weighted by Gasteiger charge is 2.54. The van der Waals surface area contributed by atoms with Gasteiger partial charge in [0.15, 0.2) is 11.2 Å². The van der Waals surface area contributed by atoms with Crippen LogP contribution in [0.5, 0.6) is 0 Å². The van der Waals surface area contributed by atoms with Crippen molar-refractivity contribution < 1.29 is 28.2 Å². The SMILES string of the molecule is COC(=O)C[C@@H]1N=C(C2(C(=O)O)CC(F)=C(c3ccccc3)C=C2F)c2c(sc(C)c2C)-n2c(C)nnc21. The minimum Gasteiger partial charge on any atom is -0.480 e. The van der Waals surface area contributed by atoms with E-state index in [0.717, 1.165) is 11.0 Å². The highest BCUT2D eigenvalue weighted by atomic mass is 32.1. The Kier molecular flexibility index (Phi) is 6.34. The molecule has 38 heavy (non-hydrogen) atoms. The number of aliphatic imine (C=N–C) groups is 1. The molecule has 8 nitrogen and oxygen atoms in total. The van der Waals surface area contributed by atoms with Crippen molar-refractivity contribution in [3.63, 3.8) is 0 Å². The number of carbonyl (C=O) groups is 2. The Morgan fingerprint density at radius 2 is 1.89 bits per heavy atom. The van der Waals surface area contributed by atoms with Gasteiger partial charge in [-0.3, -0.25) is 19.1 Å². The Morgan fingerprint density at radius 1 is 1.18 bits per heavy atom. The number of allylic oxidation sites excluding steroid dienone is 3. The Balaban J connectivity index is 1.79. The summed E-state index contributed by atoms with van der Waals surface area (Å²) in [5, 5.41) is 19.5. The van der Waals surface area contributed by atoms with E-state index in [1.54, 1.807) is 48.7 Å². The molecule has 3 heterocycles. The first-order valence-electron chi connectivity index (χ1n) is 11.8.